The zero-order chi connectivity index (χ0) is 15.1. The van der Waals surface area contributed by atoms with Crippen molar-refractivity contribution in [3.8, 4) is 0 Å². The average Bonchev–Trinajstić information content (AvgIpc) is 2.79. The fourth-order valence-corrected chi connectivity index (χ4v) is 2.40. The van der Waals surface area contributed by atoms with E-state index < -0.39 is 5.56 Å². The third-order valence-electron chi connectivity index (χ3n) is 2.98. The van der Waals surface area contributed by atoms with E-state index in [2.05, 4.69) is 20.9 Å². The van der Waals surface area contributed by atoms with Crippen molar-refractivity contribution in [1.29, 1.82) is 0 Å². The fourth-order valence-electron chi connectivity index (χ4n) is 2.00. The number of nitrogens with two attached hydrogens (primary N) is 1. The number of nitrogen functional groups attached to an aromatic ring is 1. The van der Waals surface area contributed by atoms with Gasteiger partial charge in [0.2, 0.25) is 0 Å². The molecule has 2 aromatic rings. The highest BCUT2D eigenvalue weighted by atomic mass is 79.9. The van der Waals surface area contributed by atoms with Crippen LogP contribution in [0.1, 0.15) is 11.3 Å². The Morgan fingerprint density at radius 1 is 1.38 bits per heavy atom. The van der Waals surface area contributed by atoms with Crippen LogP contribution in [-0.4, -0.2) is 15.3 Å². The molecule has 0 aliphatic heterocycles. The molecule has 21 heavy (non-hydrogen) atoms. The summed E-state index contributed by atoms with van der Waals surface area (Å²) in [4.78, 5) is 27.3. The second kappa shape index (κ2) is 4.85. The molecule has 2 heterocycles. The molecule has 2 aromatic heterocycles. The summed E-state index contributed by atoms with van der Waals surface area (Å²) < 4.78 is 7.11. The molecule has 1 aliphatic carbocycles. The van der Waals surface area contributed by atoms with Crippen LogP contribution >= 0.6 is 15.9 Å². The number of hydrogen-bond donors (Lipinski definition) is 1. The third-order valence-corrected chi connectivity index (χ3v) is 3.60. The number of anilines is 1. The van der Waals surface area contributed by atoms with E-state index in [1.807, 2.05) is 0 Å². The van der Waals surface area contributed by atoms with E-state index in [-0.39, 0.29) is 17.2 Å². The maximum Gasteiger partial charge on any atom is 0.282 e. The van der Waals surface area contributed by atoms with Gasteiger partial charge in [-0.1, -0.05) is 6.08 Å². The van der Waals surface area contributed by atoms with Crippen molar-refractivity contribution < 1.29 is 9.32 Å². The predicted octanol–water partition coefficient (Wildman–Crippen LogP) is 1.98. The number of fused-ring (bicyclic) bond motifs is 1. The molecule has 1 aliphatic rings. The molecule has 0 aromatic carbocycles. The first-order chi connectivity index (χ1) is 9.95. The van der Waals surface area contributed by atoms with Gasteiger partial charge in [-0.3, -0.25) is 9.59 Å². The molecule has 0 saturated heterocycles. The first kappa shape index (κ1) is 13.6. The molecule has 0 radical (unpaired) electrons. The van der Waals surface area contributed by atoms with E-state index in [1.165, 1.54) is 10.6 Å². The van der Waals surface area contributed by atoms with Crippen molar-refractivity contribution in [3.05, 3.63) is 56.0 Å². The topological polar surface area (TPSA) is 90.6 Å². The minimum atomic E-state index is -0.448. The van der Waals surface area contributed by atoms with Crippen molar-refractivity contribution in [1.82, 2.24) is 9.56 Å². The molecule has 0 bridgehead atoms. The third kappa shape index (κ3) is 2.36. The first-order valence-electron chi connectivity index (χ1n) is 6.06. The minimum absolute atomic E-state index is 0.132. The Morgan fingerprint density at radius 3 is 2.86 bits per heavy atom. The van der Waals surface area contributed by atoms with Crippen molar-refractivity contribution in [2.75, 3.05) is 5.73 Å². The smallest absolute Gasteiger partial charge is 0.282 e. The quantitative estimate of drug-likeness (QED) is 0.851. The van der Waals surface area contributed by atoms with E-state index >= 15 is 0 Å². The van der Waals surface area contributed by atoms with Crippen LogP contribution in [0.4, 0.5) is 5.82 Å². The Hall–Kier alpha value is -2.41. The van der Waals surface area contributed by atoms with Crippen LogP contribution in [-0.2, 0) is 4.79 Å². The van der Waals surface area contributed by atoms with Crippen molar-refractivity contribution >= 4 is 39.3 Å². The van der Waals surface area contributed by atoms with Crippen LogP contribution < -0.4 is 11.3 Å². The highest BCUT2D eigenvalue weighted by Crippen LogP contribution is 2.21. The Kier molecular flexibility index (Phi) is 3.13. The van der Waals surface area contributed by atoms with Gasteiger partial charge >= 0.3 is 0 Å². The van der Waals surface area contributed by atoms with E-state index in [1.54, 1.807) is 31.2 Å². The lowest BCUT2D eigenvalue weighted by atomic mass is 10.1. The maximum absolute atomic E-state index is 12.1. The van der Waals surface area contributed by atoms with Crippen molar-refractivity contribution in [2.24, 2.45) is 0 Å². The van der Waals surface area contributed by atoms with E-state index in [9.17, 15) is 9.59 Å². The number of hydrogen-bond acceptors (Lipinski definition) is 5. The van der Waals surface area contributed by atoms with Crippen molar-refractivity contribution in [2.45, 2.75) is 6.92 Å². The van der Waals surface area contributed by atoms with Crippen LogP contribution in [0.5, 0.6) is 0 Å². The van der Waals surface area contributed by atoms with E-state index in [0.29, 0.717) is 21.5 Å². The van der Waals surface area contributed by atoms with Gasteiger partial charge in [-0.2, -0.15) is 4.98 Å². The number of allylic oxidation sites excluding steroid dienone is 5. The summed E-state index contributed by atoms with van der Waals surface area (Å²) in [6, 6.07) is 1.63. The molecule has 0 atom stereocenters. The molecule has 3 rings (SSSR count). The average molecular weight is 348 g/mol. The monoisotopic (exact) mass is 347 g/mol. The van der Waals surface area contributed by atoms with Gasteiger partial charge in [0.15, 0.2) is 17.2 Å². The second-order valence-corrected chi connectivity index (χ2v) is 5.40. The summed E-state index contributed by atoms with van der Waals surface area (Å²) in [6.07, 6.45) is 6.20. The number of aromatic nitrogens is 2. The molecule has 0 saturated carbocycles. The summed E-state index contributed by atoms with van der Waals surface area (Å²) in [5.74, 6) is 0.636. The summed E-state index contributed by atoms with van der Waals surface area (Å²) >= 11 is 3.16. The van der Waals surface area contributed by atoms with E-state index in [4.69, 9.17) is 10.3 Å². The molecular formula is C14H10BrN3O3. The van der Waals surface area contributed by atoms with Crippen LogP contribution in [0.2, 0.25) is 0 Å². The zero-order valence-electron chi connectivity index (χ0n) is 11.0. The summed E-state index contributed by atoms with van der Waals surface area (Å²) in [5, 5.41) is 0. The van der Waals surface area contributed by atoms with Crippen LogP contribution in [0, 0.1) is 6.92 Å². The standard InChI is InChI=1S/C14H10BrN3O3/c1-7-4-12-17-14(20)9(13(16)18(12)21-7)5-8-2-3-11(19)10(15)6-8/h2-6H,16H2,1H3/b8-5+. The number of carbonyl (C=O) groups excluding carboxylic acids is 1. The predicted molar refractivity (Wildman–Crippen MR) is 82.0 cm³/mol. The largest absolute Gasteiger partial charge is 0.382 e. The van der Waals surface area contributed by atoms with Crippen molar-refractivity contribution in [3.63, 3.8) is 0 Å². The lowest BCUT2D eigenvalue weighted by Gasteiger charge is -2.05. The van der Waals surface area contributed by atoms with Gasteiger partial charge in [0, 0.05) is 6.07 Å². The summed E-state index contributed by atoms with van der Waals surface area (Å²) in [5.41, 5.74) is 6.77. The summed E-state index contributed by atoms with van der Waals surface area (Å²) in [7, 11) is 0. The molecule has 106 valence electrons. The number of rotatable bonds is 1. The zero-order valence-corrected chi connectivity index (χ0v) is 12.5. The minimum Gasteiger partial charge on any atom is -0.382 e. The van der Waals surface area contributed by atoms with Gasteiger partial charge in [0.1, 0.15) is 5.76 Å². The van der Waals surface area contributed by atoms with Gasteiger partial charge in [0.25, 0.3) is 5.56 Å². The van der Waals surface area contributed by atoms with Gasteiger partial charge in [-0.05, 0) is 46.7 Å². The Morgan fingerprint density at radius 2 is 2.14 bits per heavy atom. The number of carbonyl (C=O) groups is 1. The van der Waals surface area contributed by atoms with Gasteiger partial charge in [-0.15, -0.1) is 4.57 Å². The van der Waals surface area contributed by atoms with Crippen LogP contribution in [0.15, 0.2) is 43.7 Å². The highest BCUT2D eigenvalue weighted by Gasteiger charge is 2.14. The Bertz CT molecular complexity index is 915. The molecule has 7 heteroatoms. The first-order valence-corrected chi connectivity index (χ1v) is 6.85. The molecule has 0 spiro atoms. The second-order valence-electron chi connectivity index (χ2n) is 4.55. The molecule has 0 amide bonds. The van der Waals surface area contributed by atoms with Gasteiger partial charge in [-0.25, -0.2) is 0 Å². The van der Waals surface area contributed by atoms with Gasteiger partial charge < -0.3 is 10.3 Å². The van der Waals surface area contributed by atoms with Crippen LogP contribution in [0.3, 0.4) is 0 Å². The number of halogens is 1. The lowest BCUT2D eigenvalue weighted by Crippen LogP contribution is -2.16. The summed E-state index contributed by atoms with van der Waals surface area (Å²) in [6.45, 7) is 1.74. The normalized spacial score (nSPS) is 16.8. The Labute approximate surface area is 127 Å². The number of ketones is 1. The SMILES string of the molecule is Cc1cc2nc(=O)c(/C=C3\C=CC(=O)C(Br)=C3)c(N)n2o1. The molecule has 2 N–H and O–H groups in total. The maximum atomic E-state index is 12.1. The molecule has 0 unspecified atom stereocenters. The molecule has 0 fully saturated rings. The Balaban J connectivity index is 2.20. The lowest BCUT2D eigenvalue weighted by molar-refractivity contribution is -0.110. The number of nitrogens with zero attached hydrogens (tertiary/aromatic N) is 2. The molecule has 6 nitrogen and oxygen atoms in total. The fraction of sp³-hybridized carbons (Fsp3) is 0.0714. The highest BCUT2D eigenvalue weighted by molar-refractivity contribution is 9.12. The number of aryl methyl sites for hydroxylation is 1. The van der Waals surface area contributed by atoms with Gasteiger partial charge in [0.05, 0.1) is 10.0 Å². The van der Waals surface area contributed by atoms with Crippen LogP contribution in [0.25, 0.3) is 11.7 Å². The molecular weight excluding hydrogens is 338 g/mol. The van der Waals surface area contributed by atoms with E-state index in [0.717, 1.165) is 0 Å².